The third kappa shape index (κ3) is 3.70. The Morgan fingerprint density at radius 1 is 1.12 bits per heavy atom. The Morgan fingerprint density at radius 3 is 2.46 bits per heavy atom. The molecule has 26 heavy (non-hydrogen) atoms. The van der Waals surface area contributed by atoms with Crippen molar-refractivity contribution >= 4 is 10.0 Å². The molecule has 1 saturated heterocycles. The highest BCUT2D eigenvalue weighted by atomic mass is 32.2. The van der Waals surface area contributed by atoms with Crippen molar-refractivity contribution in [3.8, 4) is 17.5 Å². The van der Waals surface area contributed by atoms with E-state index in [1.807, 2.05) is 0 Å². The lowest BCUT2D eigenvalue weighted by Gasteiger charge is -2.17. The molecular formula is C16H18FN3O5S. The summed E-state index contributed by atoms with van der Waals surface area (Å²) in [6, 6.07) is 6.77. The second kappa shape index (κ2) is 7.42. The summed E-state index contributed by atoms with van der Waals surface area (Å²) in [6.07, 6.45) is 0.126. The van der Waals surface area contributed by atoms with E-state index in [9.17, 15) is 12.8 Å². The quantitative estimate of drug-likeness (QED) is 0.746. The molecule has 1 fully saturated rings. The van der Waals surface area contributed by atoms with Gasteiger partial charge < -0.3 is 14.2 Å². The minimum Gasteiger partial charge on any atom is -0.494 e. The van der Waals surface area contributed by atoms with Crippen LogP contribution in [0.5, 0.6) is 17.5 Å². The van der Waals surface area contributed by atoms with E-state index in [0.29, 0.717) is 12.3 Å². The highest BCUT2D eigenvalue weighted by Crippen LogP contribution is 2.26. The molecule has 1 unspecified atom stereocenters. The molecule has 1 aromatic heterocycles. The summed E-state index contributed by atoms with van der Waals surface area (Å²) in [7, 11) is -1.03. The fourth-order valence-electron chi connectivity index (χ4n) is 2.62. The van der Waals surface area contributed by atoms with E-state index in [0.717, 1.165) is 6.07 Å². The van der Waals surface area contributed by atoms with Crippen LogP contribution in [0, 0.1) is 5.82 Å². The predicted molar refractivity (Wildman–Crippen MR) is 89.3 cm³/mol. The maximum atomic E-state index is 13.8. The van der Waals surface area contributed by atoms with Gasteiger partial charge in [0.05, 0.1) is 25.7 Å². The average Bonchev–Trinajstić information content (AvgIpc) is 3.11. The van der Waals surface area contributed by atoms with E-state index in [4.69, 9.17) is 14.2 Å². The van der Waals surface area contributed by atoms with Crippen LogP contribution < -0.4 is 14.2 Å². The van der Waals surface area contributed by atoms with Crippen LogP contribution in [-0.2, 0) is 10.0 Å². The highest BCUT2D eigenvalue weighted by molar-refractivity contribution is 7.89. The number of sulfonamides is 1. The predicted octanol–water partition coefficient (Wildman–Crippen LogP) is 1.47. The first kappa shape index (κ1) is 18.3. The molecule has 1 aliphatic rings. The molecule has 0 N–H and O–H groups in total. The van der Waals surface area contributed by atoms with Crippen molar-refractivity contribution in [2.75, 3.05) is 27.3 Å². The molecule has 0 spiro atoms. The van der Waals surface area contributed by atoms with Gasteiger partial charge in [-0.3, -0.25) is 0 Å². The van der Waals surface area contributed by atoms with Crippen molar-refractivity contribution in [3.05, 3.63) is 36.1 Å². The number of hydrogen-bond acceptors (Lipinski definition) is 7. The lowest BCUT2D eigenvalue weighted by molar-refractivity contribution is 0.203. The normalized spacial score (nSPS) is 17.9. The highest BCUT2D eigenvalue weighted by Gasteiger charge is 2.34. The molecule has 8 nitrogen and oxygen atoms in total. The monoisotopic (exact) mass is 383 g/mol. The first-order valence-corrected chi connectivity index (χ1v) is 9.26. The zero-order valence-corrected chi connectivity index (χ0v) is 15.1. The second-order valence-corrected chi connectivity index (χ2v) is 7.54. The molecule has 2 aromatic rings. The van der Waals surface area contributed by atoms with E-state index >= 15 is 0 Å². The zero-order chi connectivity index (χ0) is 18.7. The van der Waals surface area contributed by atoms with Crippen LogP contribution in [-0.4, -0.2) is 56.3 Å². The third-order valence-electron chi connectivity index (χ3n) is 3.98. The second-order valence-electron chi connectivity index (χ2n) is 5.60. The fraction of sp³-hybridized carbons (Fsp3) is 0.375. The number of methoxy groups -OCH3 is 2. The molecule has 0 amide bonds. The summed E-state index contributed by atoms with van der Waals surface area (Å²) in [5, 5.41) is 7.66. The van der Waals surface area contributed by atoms with Crippen LogP contribution >= 0.6 is 0 Å². The number of halogens is 1. The van der Waals surface area contributed by atoms with Gasteiger partial charge in [0.2, 0.25) is 21.8 Å². The molecule has 2 heterocycles. The van der Waals surface area contributed by atoms with Crippen molar-refractivity contribution < 1.29 is 27.0 Å². The number of benzene rings is 1. The van der Waals surface area contributed by atoms with Gasteiger partial charge in [0.15, 0.2) is 11.6 Å². The largest absolute Gasteiger partial charge is 0.494 e. The van der Waals surface area contributed by atoms with Crippen molar-refractivity contribution in [2.45, 2.75) is 17.4 Å². The van der Waals surface area contributed by atoms with E-state index in [2.05, 4.69) is 10.2 Å². The minimum absolute atomic E-state index is 0.00957. The van der Waals surface area contributed by atoms with Gasteiger partial charge in [0.25, 0.3) is 0 Å². The molecule has 3 rings (SSSR count). The van der Waals surface area contributed by atoms with Gasteiger partial charge in [0.1, 0.15) is 6.10 Å². The number of hydrogen-bond donors (Lipinski definition) is 0. The summed E-state index contributed by atoms with van der Waals surface area (Å²) in [6.45, 7) is 0.411. The Morgan fingerprint density at radius 2 is 1.85 bits per heavy atom. The lowest BCUT2D eigenvalue weighted by atomic mass is 10.3. The van der Waals surface area contributed by atoms with Crippen LogP contribution in [0.4, 0.5) is 4.39 Å². The number of nitrogens with zero attached hydrogens (tertiary/aromatic N) is 3. The van der Waals surface area contributed by atoms with Crippen LogP contribution in [0.15, 0.2) is 35.2 Å². The van der Waals surface area contributed by atoms with E-state index < -0.39 is 15.8 Å². The Bertz CT molecular complexity index is 876. The van der Waals surface area contributed by atoms with Crippen LogP contribution in [0.3, 0.4) is 0 Å². The van der Waals surface area contributed by atoms with Crippen LogP contribution in [0.1, 0.15) is 6.42 Å². The average molecular weight is 383 g/mol. The molecule has 0 aliphatic carbocycles. The minimum atomic E-state index is -3.82. The topological polar surface area (TPSA) is 90.9 Å². The van der Waals surface area contributed by atoms with Gasteiger partial charge in [-0.05, 0) is 24.6 Å². The number of ether oxygens (including phenoxy) is 3. The Kier molecular flexibility index (Phi) is 5.23. The SMILES string of the molecule is COc1ccc(OC2CCN(S(=O)(=O)c3ccc(OC)c(F)c3)C2)nn1. The maximum Gasteiger partial charge on any atom is 0.243 e. The summed E-state index contributed by atoms with van der Waals surface area (Å²) >= 11 is 0. The molecule has 1 aromatic carbocycles. The molecule has 0 saturated carbocycles. The summed E-state index contributed by atoms with van der Waals surface area (Å²) in [5.74, 6) is -0.0983. The first-order valence-electron chi connectivity index (χ1n) is 7.82. The Hall–Kier alpha value is -2.46. The van der Waals surface area contributed by atoms with Gasteiger partial charge >= 0.3 is 0 Å². The maximum absolute atomic E-state index is 13.8. The lowest BCUT2D eigenvalue weighted by Crippen LogP contribution is -2.31. The first-order chi connectivity index (χ1) is 12.4. The fourth-order valence-corrected chi connectivity index (χ4v) is 4.12. The van der Waals surface area contributed by atoms with Gasteiger partial charge in [-0.2, -0.15) is 4.31 Å². The van der Waals surface area contributed by atoms with E-state index in [1.165, 1.54) is 30.7 Å². The molecule has 140 valence electrons. The van der Waals surface area contributed by atoms with Crippen molar-refractivity contribution in [1.29, 1.82) is 0 Å². The molecule has 0 radical (unpaired) electrons. The summed E-state index contributed by atoms with van der Waals surface area (Å²) in [4.78, 5) is -0.124. The van der Waals surface area contributed by atoms with Crippen LogP contribution in [0.2, 0.25) is 0 Å². The Balaban J connectivity index is 1.69. The smallest absolute Gasteiger partial charge is 0.243 e. The number of rotatable bonds is 6. The van der Waals surface area contributed by atoms with Crippen LogP contribution in [0.25, 0.3) is 0 Å². The number of aromatic nitrogens is 2. The third-order valence-corrected chi connectivity index (χ3v) is 5.84. The van der Waals surface area contributed by atoms with Gasteiger partial charge in [-0.15, -0.1) is 10.2 Å². The van der Waals surface area contributed by atoms with Crippen molar-refractivity contribution in [2.24, 2.45) is 0 Å². The van der Waals surface area contributed by atoms with Gasteiger partial charge in [-0.1, -0.05) is 0 Å². The zero-order valence-electron chi connectivity index (χ0n) is 14.3. The standard InChI is InChI=1S/C16H18FN3O5S/c1-23-14-4-3-12(9-13(14)17)26(21,22)20-8-7-11(10-20)25-16-6-5-15(24-2)18-19-16/h3-6,9,11H,7-8,10H2,1-2H3. The van der Waals surface area contributed by atoms with E-state index in [1.54, 1.807) is 12.1 Å². The molecule has 0 bridgehead atoms. The molecule has 10 heteroatoms. The van der Waals surface area contributed by atoms with E-state index in [-0.39, 0.29) is 35.7 Å². The summed E-state index contributed by atoms with van der Waals surface area (Å²) in [5.41, 5.74) is 0. The van der Waals surface area contributed by atoms with Crippen molar-refractivity contribution in [3.63, 3.8) is 0 Å². The molecule has 1 atom stereocenters. The van der Waals surface area contributed by atoms with Crippen molar-refractivity contribution in [1.82, 2.24) is 14.5 Å². The summed E-state index contributed by atoms with van der Waals surface area (Å²) < 4.78 is 55.9. The molecule has 1 aliphatic heterocycles. The molecular weight excluding hydrogens is 365 g/mol. The van der Waals surface area contributed by atoms with Gasteiger partial charge in [-0.25, -0.2) is 12.8 Å². The van der Waals surface area contributed by atoms with Gasteiger partial charge in [0, 0.05) is 18.7 Å². The Labute approximate surface area is 150 Å².